The number of fused-ring (bicyclic) bond motifs is 2. The van der Waals surface area contributed by atoms with Gasteiger partial charge in [0.05, 0.1) is 6.42 Å². The van der Waals surface area contributed by atoms with Gasteiger partial charge in [-0.25, -0.2) is 9.59 Å². The lowest BCUT2D eigenvalue weighted by Gasteiger charge is -2.43. The van der Waals surface area contributed by atoms with Gasteiger partial charge in [0.15, 0.2) is 6.10 Å². The Bertz CT molecular complexity index is 2030. The fourth-order valence-electron chi connectivity index (χ4n) is 9.91. The lowest BCUT2D eigenvalue weighted by Crippen LogP contribution is -2.56. The lowest BCUT2D eigenvalue weighted by molar-refractivity contribution is -0.143. The highest BCUT2D eigenvalue weighted by molar-refractivity contribution is 5.91. The molecule has 3 aromatic rings. The van der Waals surface area contributed by atoms with Gasteiger partial charge in [0.25, 0.3) is 5.91 Å². The average Bonchev–Trinajstić information content (AvgIpc) is 3.66. The molecule has 0 aromatic heterocycles. The first-order chi connectivity index (χ1) is 29.1. The second-order valence-corrected chi connectivity index (χ2v) is 17.3. The number of benzene rings is 3. The third-order valence-corrected chi connectivity index (χ3v) is 13.4. The fourth-order valence-corrected chi connectivity index (χ4v) is 9.91. The summed E-state index contributed by atoms with van der Waals surface area (Å²) in [5.74, 6) is 0.475. The minimum atomic E-state index is -1.02. The molecule has 13 heteroatoms. The minimum Gasteiger partial charge on any atom is -0.507 e. The number of aromatic hydroxyl groups is 1. The van der Waals surface area contributed by atoms with Crippen LogP contribution in [0.5, 0.6) is 11.5 Å². The van der Waals surface area contributed by atoms with E-state index in [0.29, 0.717) is 81.4 Å². The summed E-state index contributed by atoms with van der Waals surface area (Å²) < 4.78 is 11.8. The standard InChI is InChI=1S/C47H60N6O7/c1-32-28-34(29-33(2)44(32)55)30-42(60-47(58)52-21-15-39(16-22-52)53-23-12-36-6-3-4-9-41(36)48-46(53)57)45(56)51-26-24-50(25-27-51)38-13-18-49(19-14-38)20-17-43(54)59-40-11-10-35-7-5-8-37(35)31-40/h3-4,6,9-11,28-29,31,38-39,42,55H,5,7-8,12-27,30H2,1-2H3,(H,48,57)/t42-/m1/s1. The Balaban J connectivity index is 0.817. The van der Waals surface area contributed by atoms with Crippen LogP contribution in [0.25, 0.3) is 0 Å². The largest absolute Gasteiger partial charge is 0.507 e. The predicted octanol–water partition coefficient (Wildman–Crippen LogP) is 5.70. The van der Waals surface area contributed by atoms with E-state index >= 15 is 0 Å². The van der Waals surface area contributed by atoms with E-state index in [1.807, 2.05) is 72.2 Å². The molecule has 0 unspecified atom stereocenters. The van der Waals surface area contributed by atoms with Crippen molar-refractivity contribution in [2.24, 2.45) is 0 Å². The molecule has 3 saturated heterocycles. The summed E-state index contributed by atoms with van der Waals surface area (Å²) >= 11 is 0. The number of esters is 1. The molecule has 0 saturated carbocycles. The van der Waals surface area contributed by atoms with Gasteiger partial charge in [-0.05, 0) is 130 Å². The van der Waals surface area contributed by atoms with Crippen LogP contribution in [0.15, 0.2) is 54.6 Å². The smallest absolute Gasteiger partial charge is 0.410 e. The van der Waals surface area contributed by atoms with Gasteiger partial charge >= 0.3 is 18.1 Å². The minimum absolute atomic E-state index is 0.00332. The van der Waals surface area contributed by atoms with E-state index in [2.05, 4.69) is 21.2 Å². The number of urea groups is 1. The summed E-state index contributed by atoms with van der Waals surface area (Å²) in [6.45, 7) is 10.2. The number of piperidine rings is 2. The molecule has 3 fully saturated rings. The Morgan fingerprint density at radius 3 is 2.22 bits per heavy atom. The summed E-state index contributed by atoms with van der Waals surface area (Å²) in [6, 6.07) is 17.9. The van der Waals surface area contributed by atoms with Crippen LogP contribution >= 0.6 is 0 Å². The van der Waals surface area contributed by atoms with Crippen molar-refractivity contribution >= 4 is 29.7 Å². The van der Waals surface area contributed by atoms with Gasteiger partial charge in [0, 0.05) is 76.5 Å². The molecule has 5 aliphatic rings. The molecule has 4 aliphatic heterocycles. The van der Waals surface area contributed by atoms with E-state index in [-0.39, 0.29) is 36.1 Å². The lowest BCUT2D eigenvalue weighted by atomic mass is 10.00. The highest BCUT2D eigenvalue weighted by Crippen LogP contribution is 2.29. The number of nitrogens with zero attached hydrogens (tertiary/aromatic N) is 5. The van der Waals surface area contributed by atoms with Crippen molar-refractivity contribution in [3.05, 3.63) is 88.0 Å². The van der Waals surface area contributed by atoms with Crippen LogP contribution in [0, 0.1) is 13.8 Å². The van der Waals surface area contributed by atoms with E-state index in [4.69, 9.17) is 9.47 Å². The van der Waals surface area contributed by atoms with E-state index in [9.17, 15) is 24.3 Å². The Morgan fingerprint density at radius 2 is 1.47 bits per heavy atom. The Hall–Kier alpha value is -5.14. The van der Waals surface area contributed by atoms with Crippen LogP contribution in [0.4, 0.5) is 15.3 Å². The maximum absolute atomic E-state index is 14.3. The highest BCUT2D eigenvalue weighted by atomic mass is 16.6. The zero-order valence-corrected chi connectivity index (χ0v) is 35.2. The number of likely N-dealkylation sites (tertiary alicyclic amines) is 2. The van der Waals surface area contributed by atoms with Crippen LogP contribution in [0.1, 0.15) is 71.9 Å². The highest BCUT2D eigenvalue weighted by Gasteiger charge is 2.36. The topological polar surface area (TPSA) is 135 Å². The molecular formula is C47H60N6O7. The molecule has 0 radical (unpaired) electrons. The number of phenols is 1. The number of aryl methyl sites for hydroxylation is 4. The Kier molecular flexibility index (Phi) is 12.9. The number of phenolic OH excluding ortho intramolecular Hbond substituents is 1. The summed E-state index contributed by atoms with van der Waals surface area (Å²) in [6.07, 6.45) is 6.36. The van der Waals surface area contributed by atoms with Crippen molar-refractivity contribution in [1.82, 2.24) is 24.5 Å². The van der Waals surface area contributed by atoms with Gasteiger partial charge in [-0.2, -0.15) is 0 Å². The van der Waals surface area contributed by atoms with E-state index < -0.39 is 12.2 Å². The number of anilines is 1. The predicted molar refractivity (Wildman–Crippen MR) is 228 cm³/mol. The third-order valence-electron chi connectivity index (χ3n) is 13.4. The van der Waals surface area contributed by atoms with Crippen LogP contribution in [-0.2, 0) is 40.0 Å². The molecule has 1 aliphatic carbocycles. The number of hydrogen-bond acceptors (Lipinski definition) is 9. The fraction of sp³-hybridized carbons (Fsp3) is 0.532. The van der Waals surface area contributed by atoms with Gasteiger partial charge in [0.2, 0.25) is 0 Å². The Labute approximate surface area is 353 Å². The molecule has 4 amide bonds. The molecular weight excluding hydrogens is 761 g/mol. The number of amides is 4. The first-order valence-corrected chi connectivity index (χ1v) is 22.1. The van der Waals surface area contributed by atoms with Crippen molar-refractivity contribution in [3.8, 4) is 11.5 Å². The van der Waals surface area contributed by atoms with Crippen LogP contribution in [0.2, 0.25) is 0 Å². The molecule has 1 atom stereocenters. The van der Waals surface area contributed by atoms with Crippen LogP contribution in [0.3, 0.4) is 0 Å². The van der Waals surface area contributed by atoms with Gasteiger partial charge in [-0.1, -0.05) is 36.4 Å². The molecule has 3 aromatic carbocycles. The normalized spacial score (nSPS) is 19.9. The van der Waals surface area contributed by atoms with Crippen LogP contribution < -0.4 is 10.1 Å². The molecule has 320 valence electrons. The SMILES string of the molecule is Cc1cc(C[C@@H](OC(=O)N2CCC(N3CCc4ccccc4NC3=O)CC2)C(=O)N2CCN(C3CCN(CCC(=O)Oc4ccc5c(c4)CCC5)CC3)CC2)cc(C)c1O. The zero-order valence-electron chi connectivity index (χ0n) is 35.2. The van der Waals surface area contributed by atoms with E-state index in [1.54, 1.807) is 4.90 Å². The van der Waals surface area contributed by atoms with E-state index in [0.717, 1.165) is 81.5 Å². The summed E-state index contributed by atoms with van der Waals surface area (Å²) in [4.78, 5) is 64.1. The molecule has 8 rings (SSSR count). The molecule has 0 spiro atoms. The number of para-hydroxylation sites is 1. The van der Waals surface area contributed by atoms with Crippen molar-refractivity contribution < 1.29 is 33.8 Å². The van der Waals surface area contributed by atoms with Crippen molar-refractivity contribution in [2.75, 3.05) is 70.8 Å². The average molecular weight is 821 g/mol. The summed E-state index contributed by atoms with van der Waals surface area (Å²) in [5.41, 5.74) is 6.86. The molecule has 2 N–H and O–H groups in total. The molecule has 13 nitrogen and oxygen atoms in total. The third kappa shape index (κ3) is 9.73. The number of carbonyl (C=O) groups is 4. The molecule has 60 heavy (non-hydrogen) atoms. The maximum atomic E-state index is 14.3. The monoisotopic (exact) mass is 820 g/mol. The van der Waals surface area contributed by atoms with Gasteiger partial charge in [0.1, 0.15) is 11.5 Å². The number of piperazine rings is 1. The number of hydrogen-bond donors (Lipinski definition) is 2. The number of ether oxygens (including phenoxy) is 2. The number of carbonyl (C=O) groups excluding carboxylic acids is 4. The van der Waals surface area contributed by atoms with E-state index in [1.165, 1.54) is 11.1 Å². The first kappa shape index (κ1) is 41.6. The number of rotatable bonds is 10. The van der Waals surface area contributed by atoms with Gasteiger partial charge in [-0.3, -0.25) is 14.5 Å². The summed E-state index contributed by atoms with van der Waals surface area (Å²) in [7, 11) is 0. The zero-order chi connectivity index (χ0) is 41.8. The number of nitrogens with one attached hydrogen (secondary N) is 1. The molecule has 0 bridgehead atoms. The van der Waals surface area contributed by atoms with Crippen molar-refractivity contribution in [1.29, 1.82) is 0 Å². The van der Waals surface area contributed by atoms with Gasteiger partial charge in [-0.15, -0.1) is 0 Å². The molecule has 4 heterocycles. The first-order valence-electron chi connectivity index (χ1n) is 22.1. The summed E-state index contributed by atoms with van der Waals surface area (Å²) in [5, 5.41) is 13.5. The van der Waals surface area contributed by atoms with Gasteiger partial charge < -0.3 is 39.5 Å². The quantitative estimate of drug-likeness (QED) is 0.195. The van der Waals surface area contributed by atoms with Crippen molar-refractivity contribution in [2.45, 2.75) is 96.2 Å². The van der Waals surface area contributed by atoms with Crippen LogP contribution in [-0.4, -0.2) is 137 Å². The van der Waals surface area contributed by atoms with Crippen molar-refractivity contribution in [3.63, 3.8) is 0 Å². The second-order valence-electron chi connectivity index (χ2n) is 17.3. The second kappa shape index (κ2) is 18.6. The Morgan fingerprint density at radius 1 is 0.767 bits per heavy atom. The maximum Gasteiger partial charge on any atom is 0.410 e.